The van der Waals surface area contributed by atoms with Crippen LogP contribution in [0.15, 0.2) is 24.3 Å². The molecule has 2 rings (SSSR count). The molecule has 1 heterocycles. The van der Waals surface area contributed by atoms with Crippen molar-refractivity contribution in [3.05, 3.63) is 34.9 Å². The van der Waals surface area contributed by atoms with Gasteiger partial charge in [0.2, 0.25) is 11.8 Å². The molecule has 6 heteroatoms. The standard InChI is InChI=1S/C14H17ClN2O2S/c1-16(2)14(19)12-8-20-9-17(12)13(18)7-10-3-5-11(15)6-4-10/h3-6,12H,7-9H2,1-2H3. The third kappa shape index (κ3) is 3.46. The van der Waals surface area contributed by atoms with Crippen LogP contribution < -0.4 is 0 Å². The molecule has 0 aromatic heterocycles. The van der Waals surface area contributed by atoms with Gasteiger partial charge in [0.05, 0.1) is 12.3 Å². The number of rotatable bonds is 3. The van der Waals surface area contributed by atoms with Crippen LogP contribution in [-0.4, -0.2) is 53.4 Å². The number of thioether (sulfide) groups is 1. The molecule has 108 valence electrons. The van der Waals surface area contributed by atoms with Gasteiger partial charge in [0.25, 0.3) is 0 Å². The molecule has 2 amide bonds. The van der Waals surface area contributed by atoms with Gasteiger partial charge in [-0.05, 0) is 17.7 Å². The Morgan fingerprint density at radius 2 is 2.00 bits per heavy atom. The molecule has 1 unspecified atom stereocenters. The van der Waals surface area contributed by atoms with E-state index < -0.39 is 0 Å². The second kappa shape index (κ2) is 6.50. The van der Waals surface area contributed by atoms with Gasteiger partial charge in [0.15, 0.2) is 0 Å². The van der Waals surface area contributed by atoms with Crippen LogP contribution in [-0.2, 0) is 16.0 Å². The van der Waals surface area contributed by atoms with Crippen molar-refractivity contribution < 1.29 is 9.59 Å². The normalized spacial score (nSPS) is 18.1. The van der Waals surface area contributed by atoms with Crippen molar-refractivity contribution in [2.24, 2.45) is 0 Å². The number of carbonyl (C=O) groups excluding carboxylic acids is 2. The Labute approximate surface area is 128 Å². The highest BCUT2D eigenvalue weighted by Gasteiger charge is 2.35. The highest BCUT2D eigenvalue weighted by molar-refractivity contribution is 7.99. The molecule has 1 aliphatic heterocycles. The highest BCUT2D eigenvalue weighted by atomic mass is 35.5. The van der Waals surface area contributed by atoms with E-state index in [1.807, 2.05) is 12.1 Å². The third-order valence-corrected chi connectivity index (χ3v) is 4.46. The van der Waals surface area contributed by atoms with Crippen LogP contribution in [0, 0.1) is 0 Å². The van der Waals surface area contributed by atoms with Gasteiger partial charge in [0, 0.05) is 24.9 Å². The summed E-state index contributed by atoms with van der Waals surface area (Å²) in [6.07, 6.45) is 0.301. The number of hydrogen-bond donors (Lipinski definition) is 0. The zero-order valence-corrected chi connectivity index (χ0v) is 13.1. The molecule has 1 aromatic carbocycles. The monoisotopic (exact) mass is 312 g/mol. The zero-order chi connectivity index (χ0) is 14.7. The summed E-state index contributed by atoms with van der Waals surface area (Å²) in [6.45, 7) is 0. The molecule has 1 fully saturated rings. The maximum atomic E-state index is 12.3. The lowest BCUT2D eigenvalue weighted by atomic mass is 10.1. The second-order valence-electron chi connectivity index (χ2n) is 4.92. The third-order valence-electron chi connectivity index (χ3n) is 3.20. The number of benzene rings is 1. The fraction of sp³-hybridized carbons (Fsp3) is 0.429. The van der Waals surface area contributed by atoms with Gasteiger partial charge >= 0.3 is 0 Å². The highest BCUT2D eigenvalue weighted by Crippen LogP contribution is 2.23. The Kier molecular flexibility index (Phi) is 4.94. The van der Waals surface area contributed by atoms with Gasteiger partial charge in [-0.1, -0.05) is 23.7 Å². The van der Waals surface area contributed by atoms with E-state index in [0.717, 1.165) is 5.56 Å². The number of halogens is 1. The van der Waals surface area contributed by atoms with Crippen molar-refractivity contribution >= 4 is 35.2 Å². The topological polar surface area (TPSA) is 40.6 Å². The fourth-order valence-corrected chi connectivity index (χ4v) is 3.37. The molecule has 0 N–H and O–H groups in total. The Bertz CT molecular complexity index is 504. The first-order valence-electron chi connectivity index (χ1n) is 6.32. The van der Waals surface area contributed by atoms with E-state index in [0.29, 0.717) is 23.1 Å². The fourth-order valence-electron chi connectivity index (χ4n) is 2.07. The van der Waals surface area contributed by atoms with Crippen LogP contribution in [0.4, 0.5) is 0 Å². The summed E-state index contributed by atoms with van der Waals surface area (Å²) in [7, 11) is 3.43. The zero-order valence-electron chi connectivity index (χ0n) is 11.5. The summed E-state index contributed by atoms with van der Waals surface area (Å²) in [5.41, 5.74) is 0.910. The summed E-state index contributed by atoms with van der Waals surface area (Å²) < 4.78 is 0. The predicted molar refractivity (Wildman–Crippen MR) is 81.8 cm³/mol. The van der Waals surface area contributed by atoms with Crippen molar-refractivity contribution in [3.8, 4) is 0 Å². The minimum absolute atomic E-state index is 0.0144. The Balaban J connectivity index is 2.04. The molecular weight excluding hydrogens is 296 g/mol. The molecule has 0 bridgehead atoms. The average molecular weight is 313 g/mol. The molecule has 0 radical (unpaired) electrons. The molecule has 1 aromatic rings. The van der Waals surface area contributed by atoms with Crippen LogP contribution in [0.1, 0.15) is 5.56 Å². The minimum atomic E-state index is -0.338. The van der Waals surface area contributed by atoms with E-state index in [1.165, 1.54) is 0 Å². The molecule has 20 heavy (non-hydrogen) atoms. The van der Waals surface area contributed by atoms with Crippen molar-refractivity contribution in [1.29, 1.82) is 0 Å². The molecule has 0 saturated carbocycles. The van der Waals surface area contributed by atoms with Crippen molar-refractivity contribution in [2.45, 2.75) is 12.5 Å². The van der Waals surface area contributed by atoms with E-state index in [4.69, 9.17) is 11.6 Å². The first-order valence-corrected chi connectivity index (χ1v) is 7.85. The number of nitrogens with zero attached hydrogens (tertiary/aromatic N) is 2. The average Bonchev–Trinajstić information content (AvgIpc) is 2.89. The maximum absolute atomic E-state index is 12.3. The minimum Gasteiger partial charge on any atom is -0.347 e. The van der Waals surface area contributed by atoms with E-state index in [9.17, 15) is 9.59 Å². The van der Waals surface area contributed by atoms with E-state index in [2.05, 4.69) is 0 Å². The van der Waals surface area contributed by atoms with Gasteiger partial charge in [-0.2, -0.15) is 0 Å². The first-order chi connectivity index (χ1) is 9.49. The molecule has 1 saturated heterocycles. The molecular formula is C14H17ClN2O2S. The molecule has 1 aliphatic rings. The molecule has 1 atom stereocenters. The quantitative estimate of drug-likeness (QED) is 0.855. The number of amides is 2. The van der Waals surface area contributed by atoms with Crippen LogP contribution in [0.3, 0.4) is 0 Å². The Hall–Kier alpha value is -1.20. The van der Waals surface area contributed by atoms with Crippen molar-refractivity contribution in [1.82, 2.24) is 9.80 Å². The summed E-state index contributed by atoms with van der Waals surface area (Å²) >= 11 is 7.44. The Morgan fingerprint density at radius 3 is 2.60 bits per heavy atom. The van der Waals surface area contributed by atoms with Gasteiger partial charge in [-0.3, -0.25) is 9.59 Å². The first kappa shape index (κ1) is 15.2. The summed E-state index contributed by atoms with van der Waals surface area (Å²) in [5, 5.41) is 0.651. The SMILES string of the molecule is CN(C)C(=O)C1CSCN1C(=O)Cc1ccc(Cl)cc1. The van der Waals surface area contributed by atoms with Crippen LogP contribution >= 0.6 is 23.4 Å². The lowest BCUT2D eigenvalue weighted by molar-refractivity contribution is -0.141. The molecule has 0 spiro atoms. The lowest BCUT2D eigenvalue weighted by Crippen LogP contribution is -2.47. The number of carbonyl (C=O) groups is 2. The number of likely N-dealkylation sites (N-methyl/N-ethyl adjacent to an activating group) is 1. The Morgan fingerprint density at radius 1 is 1.35 bits per heavy atom. The van der Waals surface area contributed by atoms with E-state index in [-0.39, 0.29) is 17.9 Å². The van der Waals surface area contributed by atoms with Crippen LogP contribution in [0.2, 0.25) is 5.02 Å². The van der Waals surface area contributed by atoms with Gasteiger partial charge < -0.3 is 9.80 Å². The molecule has 0 aliphatic carbocycles. The lowest BCUT2D eigenvalue weighted by Gasteiger charge is -2.25. The number of hydrogen-bond acceptors (Lipinski definition) is 3. The summed E-state index contributed by atoms with van der Waals surface area (Å²) in [4.78, 5) is 27.6. The van der Waals surface area contributed by atoms with E-state index >= 15 is 0 Å². The summed E-state index contributed by atoms with van der Waals surface area (Å²) in [5.74, 6) is 1.22. The van der Waals surface area contributed by atoms with Crippen molar-refractivity contribution in [3.63, 3.8) is 0 Å². The second-order valence-corrected chi connectivity index (χ2v) is 6.35. The van der Waals surface area contributed by atoms with E-state index in [1.54, 1.807) is 47.8 Å². The maximum Gasteiger partial charge on any atom is 0.245 e. The largest absolute Gasteiger partial charge is 0.347 e. The van der Waals surface area contributed by atoms with Gasteiger partial charge in [-0.15, -0.1) is 11.8 Å². The predicted octanol–water partition coefficient (Wildman–Crippen LogP) is 1.87. The van der Waals surface area contributed by atoms with Gasteiger partial charge in [-0.25, -0.2) is 0 Å². The van der Waals surface area contributed by atoms with Crippen LogP contribution in [0.25, 0.3) is 0 Å². The molecule has 4 nitrogen and oxygen atoms in total. The van der Waals surface area contributed by atoms with Crippen molar-refractivity contribution in [2.75, 3.05) is 25.7 Å². The van der Waals surface area contributed by atoms with Crippen LogP contribution in [0.5, 0.6) is 0 Å². The van der Waals surface area contributed by atoms with Gasteiger partial charge in [0.1, 0.15) is 6.04 Å². The smallest absolute Gasteiger partial charge is 0.245 e. The summed E-state index contributed by atoms with van der Waals surface area (Å²) in [6, 6.07) is 6.88.